The van der Waals surface area contributed by atoms with Crippen molar-refractivity contribution in [1.82, 2.24) is 24.1 Å². The van der Waals surface area contributed by atoms with Crippen molar-refractivity contribution in [3.63, 3.8) is 0 Å². The van der Waals surface area contributed by atoms with Gasteiger partial charge in [-0.1, -0.05) is 31.4 Å². The second-order valence-corrected chi connectivity index (χ2v) is 10.2. The molecular formula is C21H32FN5O4S. The molecular weight excluding hydrogens is 437 g/mol. The first-order valence-electron chi connectivity index (χ1n) is 11.0. The van der Waals surface area contributed by atoms with Crippen LogP contribution in [0.25, 0.3) is 0 Å². The number of hydrogen-bond acceptors (Lipinski definition) is 4. The van der Waals surface area contributed by atoms with Gasteiger partial charge in [-0.25, -0.2) is 9.18 Å². The fourth-order valence-corrected chi connectivity index (χ4v) is 5.67. The van der Waals surface area contributed by atoms with Gasteiger partial charge in [0.15, 0.2) is 0 Å². The summed E-state index contributed by atoms with van der Waals surface area (Å²) in [6.07, 6.45) is 5.05. The summed E-state index contributed by atoms with van der Waals surface area (Å²) in [5.74, 6) is -0.614. The molecule has 1 saturated carbocycles. The molecule has 1 aliphatic carbocycles. The first-order valence-corrected chi connectivity index (χ1v) is 12.4. The molecule has 0 atom stereocenters. The number of nitrogens with one attached hydrogen (secondary N) is 2. The van der Waals surface area contributed by atoms with E-state index in [0.717, 1.165) is 37.7 Å². The molecule has 11 heteroatoms. The van der Waals surface area contributed by atoms with Gasteiger partial charge in [0, 0.05) is 45.8 Å². The van der Waals surface area contributed by atoms with Crippen LogP contribution in [0.15, 0.2) is 24.3 Å². The summed E-state index contributed by atoms with van der Waals surface area (Å²) in [4.78, 5) is 25.9. The lowest BCUT2D eigenvalue weighted by atomic mass is 9.96. The van der Waals surface area contributed by atoms with E-state index in [1.807, 2.05) is 0 Å². The van der Waals surface area contributed by atoms with Crippen molar-refractivity contribution in [3.05, 3.63) is 35.6 Å². The fraction of sp³-hybridized carbons (Fsp3) is 0.619. The maximum atomic E-state index is 12.9. The van der Waals surface area contributed by atoms with Gasteiger partial charge >= 0.3 is 6.03 Å². The second-order valence-electron chi connectivity index (χ2n) is 8.26. The Bertz CT molecular complexity index is 882. The Morgan fingerprint density at radius 1 is 1.03 bits per heavy atom. The van der Waals surface area contributed by atoms with Crippen molar-refractivity contribution in [1.29, 1.82) is 0 Å². The smallest absolute Gasteiger partial charge is 0.315 e. The number of carbonyl (C=O) groups is 2. The van der Waals surface area contributed by atoms with Gasteiger partial charge in [0.05, 0.1) is 6.54 Å². The molecule has 0 spiro atoms. The standard InChI is InChI=1S/C21H32FN5O4S/c1-25(19-5-3-2-4-6-19)32(30,31)27-13-11-26(12-14-27)20(28)16-24-21(29)23-15-17-7-9-18(22)10-8-17/h7-10,19H,2-6,11-16H2,1H3,(H2,23,24,29). The van der Waals surface area contributed by atoms with Crippen molar-refractivity contribution < 1.29 is 22.4 Å². The van der Waals surface area contributed by atoms with Gasteiger partial charge < -0.3 is 15.5 Å². The Labute approximate surface area is 189 Å². The molecule has 0 radical (unpaired) electrons. The van der Waals surface area contributed by atoms with E-state index in [4.69, 9.17) is 0 Å². The summed E-state index contributed by atoms with van der Waals surface area (Å²) in [6.45, 7) is 1.09. The number of hydrogen-bond donors (Lipinski definition) is 2. The first kappa shape index (κ1) is 24.4. The van der Waals surface area contributed by atoms with E-state index in [1.165, 1.54) is 20.7 Å². The number of urea groups is 1. The number of carbonyl (C=O) groups excluding carboxylic acids is 2. The highest BCUT2D eigenvalue weighted by Crippen LogP contribution is 2.25. The highest BCUT2D eigenvalue weighted by Gasteiger charge is 2.35. The average molecular weight is 470 g/mol. The molecule has 0 bridgehead atoms. The summed E-state index contributed by atoms with van der Waals surface area (Å²) < 4.78 is 41.7. The predicted molar refractivity (Wildman–Crippen MR) is 118 cm³/mol. The Morgan fingerprint density at radius 2 is 1.66 bits per heavy atom. The third-order valence-corrected chi connectivity index (χ3v) is 8.18. The molecule has 1 aromatic carbocycles. The molecule has 2 fully saturated rings. The SMILES string of the molecule is CN(C1CCCCC1)S(=O)(=O)N1CCN(C(=O)CNC(=O)NCc2ccc(F)cc2)CC1. The lowest BCUT2D eigenvalue weighted by Gasteiger charge is -2.38. The molecule has 0 aromatic heterocycles. The third kappa shape index (κ3) is 6.39. The summed E-state index contributed by atoms with van der Waals surface area (Å²) in [5, 5.41) is 5.12. The summed E-state index contributed by atoms with van der Waals surface area (Å²) >= 11 is 0. The van der Waals surface area contributed by atoms with Gasteiger partial charge in [-0.15, -0.1) is 0 Å². The van der Waals surface area contributed by atoms with Gasteiger partial charge in [-0.3, -0.25) is 4.79 Å². The van der Waals surface area contributed by atoms with E-state index < -0.39 is 16.2 Å². The molecule has 2 aliphatic rings. The molecule has 3 amide bonds. The molecule has 2 N–H and O–H groups in total. The van der Waals surface area contributed by atoms with Crippen molar-refractivity contribution >= 4 is 22.1 Å². The predicted octanol–water partition coefficient (Wildman–Crippen LogP) is 1.28. The lowest BCUT2D eigenvalue weighted by Crippen LogP contribution is -2.56. The van der Waals surface area contributed by atoms with E-state index in [-0.39, 0.29) is 57.0 Å². The zero-order chi connectivity index (χ0) is 23.1. The molecule has 3 rings (SSSR count). The van der Waals surface area contributed by atoms with Crippen LogP contribution in [0.4, 0.5) is 9.18 Å². The van der Waals surface area contributed by atoms with Gasteiger partial charge in [0.25, 0.3) is 10.2 Å². The molecule has 1 heterocycles. The lowest BCUT2D eigenvalue weighted by molar-refractivity contribution is -0.131. The normalized spacial score (nSPS) is 18.5. The molecule has 9 nitrogen and oxygen atoms in total. The topological polar surface area (TPSA) is 102 Å². The zero-order valence-electron chi connectivity index (χ0n) is 18.4. The summed E-state index contributed by atoms with van der Waals surface area (Å²) in [7, 11) is -1.90. The number of piperazine rings is 1. The minimum atomic E-state index is -3.55. The molecule has 178 valence electrons. The minimum absolute atomic E-state index is 0.0473. The Balaban J connectivity index is 1.39. The molecule has 1 saturated heterocycles. The largest absolute Gasteiger partial charge is 0.339 e. The highest BCUT2D eigenvalue weighted by atomic mass is 32.2. The number of rotatable bonds is 7. The maximum absolute atomic E-state index is 12.9. The van der Waals surface area contributed by atoms with E-state index in [2.05, 4.69) is 10.6 Å². The van der Waals surface area contributed by atoms with E-state index in [9.17, 15) is 22.4 Å². The monoisotopic (exact) mass is 469 g/mol. The molecule has 0 unspecified atom stereocenters. The van der Waals surface area contributed by atoms with Crippen LogP contribution >= 0.6 is 0 Å². The molecule has 1 aliphatic heterocycles. The van der Waals surface area contributed by atoms with Gasteiger partial charge in [0.2, 0.25) is 5.91 Å². The number of halogens is 1. The average Bonchev–Trinajstić information content (AvgIpc) is 2.82. The van der Waals surface area contributed by atoms with E-state index in [1.54, 1.807) is 24.1 Å². The van der Waals surface area contributed by atoms with Gasteiger partial charge in [-0.2, -0.15) is 17.0 Å². The quantitative estimate of drug-likeness (QED) is 0.628. The van der Waals surface area contributed by atoms with Crippen molar-refractivity contribution in [2.24, 2.45) is 0 Å². The van der Waals surface area contributed by atoms with Crippen LogP contribution in [0.3, 0.4) is 0 Å². The number of benzene rings is 1. The first-order chi connectivity index (χ1) is 15.3. The van der Waals surface area contributed by atoms with Crippen LogP contribution in [-0.4, -0.2) is 79.7 Å². The zero-order valence-corrected chi connectivity index (χ0v) is 19.2. The Hall–Kier alpha value is -2.24. The number of nitrogens with zero attached hydrogens (tertiary/aromatic N) is 3. The van der Waals surface area contributed by atoms with Crippen LogP contribution in [0.1, 0.15) is 37.7 Å². The minimum Gasteiger partial charge on any atom is -0.339 e. The van der Waals surface area contributed by atoms with Crippen LogP contribution in [0, 0.1) is 5.82 Å². The van der Waals surface area contributed by atoms with Gasteiger partial charge in [0.1, 0.15) is 5.82 Å². The van der Waals surface area contributed by atoms with Crippen LogP contribution in [0.5, 0.6) is 0 Å². The Morgan fingerprint density at radius 3 is 2.28 bits per heavy atom. The highest BCUT2D eigenvalue weighted by molar-refractivity contribution is 7.86. The van der Waals surface area contributed by atoms with E-state index >= 15 is 0 Å². The number of amides is 3. The van der Waals surface area contributed by atoms with Crippen molar-refractivity contribution in [3.8, 4) is 0 Å². The maximum Gasteiger partial charge on any atom is 0.315 e. The Kier molecular flexibility index (Phi) is 8.44. The van der Waals surface area contributed by atoms with Crippen LogP contribution in [0.2, 0.25) is 0 Å². The molecule has 32 heavy (non-hydrogen) atoms. The van der Waals surface area contributed by atoms with E-state index in [0.29, 0.717) is 0 Å². The molecule has 1 aromatic rings. The fourth-order valence-electron chi connectivity index (χ4n) is 4.10. The third-order valence-electron chi connectivity index (χ3n) is 6.14. The van der Waals surface area contributed by atoms with Crippen LogP contribution in [-0.2, 0) is 21.5 Å². The van der Waals surface area contributed by atoms with Crippen LogP contribution < -0.4 is 10.6 Å². The summed E-state index contributed by atoms with van der Waals surface area (Å²) in [5.41, 5.74) is 0.739. The van der Waals surface area contributed by atoms with Crippen molar-refractivity contribution in [2.45, 2.75) is 44.7 Å². The second kappa shape index (κ2) is 11.1. The van der Waals surface area contributed by atoms with Crippen molar-refractivity contribution in [2.75, 3.05) is 39.8 Å². The van der Waals surface area contributed by atoms with Gasteiger partial charge in [-0.05, 0) is 30.5 Å². The summed E-state index contributed by atoms with van der Waals surface area (Å²) in [6, 6.07) is 5.31.